The highest BCUT2D eigenvalue weighted by Crippen LogP contribution is 2.68. The van der Waals surface area contributed by atoms with E-state index >= 15 is 0 Å². The molecular formula is C31H53NO. The van der Waals surface area contributed by atoms with Gasteiger partial charge in [0.2, 0.25) is 5.91 Å². The van der Waals surface area contributed by atoms with E-state index in [-0.39, 0.29) is 5.91 Å². The van der Waals surface area contributed by atoms with E-state index in [1.165, 1.54) is 83.1 Å². The van der Waals surface area contributed by atoms with Crippen molar-refractivity contribution in [3.63, 3.8) is 0 Å². The Labute approximate surface area is 205 Å². The normalized spacial score (nSPS) is 43.3. The second-order valence-corrected chi connectivity index (χ2v) is 13.8. The average Bonchev–Trinajstić information content (AvgIpc) is 3.14. The van der Waals surface area contributed by atoms with Crippen molar-refractivity contribution in [1.82, 2.24) is 5.32 Å². The van der Waals surface area contributed by atoms with E-state index in [0.29, 0.717) is 16.7 Å². The van der Waals surface area contributed by atoms with Crippen LogP contribution in [0.25, 0.3) is 0 Å². The molecule has 2 heteroatoms. The highest BCUT2D eigenvalue weighted by molar-refractivity contribution is 5.86. The summed E-state index contributed by atoms with van der Waals surface area (Å²) in [5, 5.41) is 3.08. The Balaban J connectivity index is 1.39. The molecule has 1 unspecified atom stereocenters. The van der Waals surface area contributed by atoms with Gasteiger partial charge in [0.05, 0.1) is 0 Å². The maximum atomic E-state index is 11.7. The van der Waals surface area contributed by atoms with E-state index < -0.39 is 0 Å². The van der Waals surface area contributed by atoms with Crippen LogP contribution >= 0.6 is 0 Å². The molecule has 0 aromatic heterocycles. The fourth-order valence-electron chi connectivity index (χ4n) is 9.87. The summed E-state index contributed by atoms with van der Waals surface area (Å²) in [6.07, 6.45) is 18.6. The van der Waals surface area contributed by atoms with Crippen LogP contribution in [-0.2, 0) is 4.79 Å². The van der Waals surface area contributed by atoms with E-state index in [4.69, 9.17) is 0 Å². The molecule has 0 spiro atoms. The molecule has 0 saturated heterocycles. The third-order valence-corrected chi connectivity index (χ3v) is 11.7. The van der Waals surface area contributed by atoms with Crippen molar-refractivity contribution in [2.75, 3.05) is 6.54 Å². The van der Waals surface area contributed by atoms with Crippen LogP contribution in [0, 0.1) is 58.2 Å². The number of fused-ring (bicyclic) bond motifs is 5. The minimum Gasteiger partial charge on any atom is -0.352 e. The zero-order valence-corrected chi connectivity index (χ0v) is 22.5. The van der Waals surface area contributed by atoms with E-state index in [0.717, 1.165) is 48.0 Å². The molecule has 0 aliphatic heterocycles. The van der Waals surface area contributed by atoms with Gasteiger partial charge in [-0.25, -0.2) is 0 Å². The van der Waals surface area contributed by atoms with Gasteiger partial charge < -0.3 is 5.32 Å². The van der Waals surface area contributed by atoms with Crippen LogP contribution < -0.4 is 5.32 Å². The van der Waals surface area contributed by atoms with Gasteiger partial charge in [0, 0.05) is 6.54 Å². The molecule has 1 amide bonds. The second-order valence-electron chi connectivity index (χ2n) is 13.8. The Morgan fingerprint density at radius 2 is 1.70 bits per heavy atom. The maximum Gasteiger partial charge on any atom is 0.243 e. The number of amides is 1. The van der Waals surface area contributed by atoms with Gasteiger partial charge in [-0.05, 0) is 122 Å². The fourth-order valence-corrected chi connectivity index (χ4v) is 9.87. The molecule has 188 valence electrons. The van der Waals surface area contributed by atoms with Gasteiger partial charge in [-0.15, -0.1) is 0 Å². The van der Waals surface area contributed by atoms with Gasteiger partial charge in [-0.2, -0.15) is 0 Å². The predicted molar refractivity (Wildman–Crippen MR) is 140 cm³/mol. The molecule has 0 heterocycles. The number of carbonyl (C=O) groups is 1. The lowest BCUT2D eigenvalue weighted by Gasteiger charge is -2.61. The Kier molecular flexibility index (Phi) is 7.72. The van der Waals surface area contributed by atoms with Crippen LogP contribution in [0.3, 0.4) is 0 Å². The first-order valence-electron chi connectivity index (χ1n) is 14.6. The van der Waals surface area contributed by atoms with Gasteiger partial charge in [0.1, 0.15) is 0 Å². The summed E-state index contributed by atoms with van der Waals surface area (Å²) in [7, 11) is 0. The van der Waals surface area contributed by atoms with Crippen molar-refractivity contribution in [3.05, 3.63) is 12.7 Å². The molecule has 4 fully saturated rings. The molecule has 4 rings (SSSR count). The highest BCUT2D eigenvalue weighted by atomic mass is 16.1. The molecule has 0 aromatic carbocycles. The van der Waals surface area contributed by atoms with Gasteiger partial charge in [0.25, 0.3) is 0 Å². The first kappa shape index (κ1) is 25.3. The SMILES string of the molecule is C=CC(=O)NC[C@H]1CC[C@@]2(C)[C@@H](CC[C@@H]3[C@@H]2CC[C@]2(C)C([C@H](C)CCCC(C)C)CC[C@@H]32)C1. The average molecular weight is 456 g/mol. The molecular weight excluding hydrogens is 402 g/mol. The van der Waals surface area contributed by atoms with Gasteiger partial charge in [-0.1, -0.05) is 60.5 Å². The lowest BCUT2D eigenvalue weighted by molar-refractivity contribution is -0.123. The van der Waals surface area contributed by atoms with Crippen molar-refractivity contribution >= 4 is 5.91 Å². The summed E-state index contributed by atoms with van der Waals surface area (Å²) >= 11 is 0. The van der Waals surface area contributed by atoms with Gasteiger partial charge in [-0.3, -0.25) is 4.79 Å². The zero-order chi connectivity index (χ0) is 23.8. The highest BCUT2D eigenvalue weighted by Gasteiger charge is 2.60. The monoisotopic (exact) mass is 455 g/mol. The summed E-state index contributed by atoms with van der Waals surface area (Å²) in [5.74, 6) is 7.17. The van der Waals surface area contributed by atoms with E-state index in [1.54, 1.807) is 0 Å². The first-order valence-corrected chi connectivity index (χ1v) is 14.6. The standard InChI is InChI=1S/C31H53NO/c1-7-29(33)32-20-23-15-17-30(5)24(19-23)11-12-25-27-14-13-26(22(4)10-8-9-21(2)3)31(27,6)18-16-28(25)30/h7,21-28H,1,8-20H2,2-6H3,(H,32,33)/t22-,23+,24+,25+,26?,27+,28+,30+,31-/m1/s1. The quantitative estimate of drug-likeness (QED) is 0.369. The zero-order valence-electron chi connectivity index (χ0n) is 22.5. The van der Waals surface area contributed by atoms with Crippen LogP contribution in [0.4, 0.5) is 0 Å². The number of hydrogen-bond acceptors (Lipinski definition) is 1. The summed E-state index contributed by atoms with van der Waals surface area (Å²) < 4.78 is 0. The summed E-state index contributed by atoms with van der Waals surface area (Å²) in [6.45, 7) is 17.2. The first-order chi connectivity index (χ1) is 15.7. The molecule has 1 N–H and O–H groups in total. The van der Waals surface area contributed by atoms with E-state index in [2.05, 4.69) is 46.5 Å². The number of rotatable bonds is 8. The van der Waals surface area contributed by atoms with Gasteiger partial charge in [0.15, 0.2) is 0 Å². The Morgan fingerprint density at radius 3 is 2.42 bits per heavy atom. The second kappa shape index (κ2) is 10.1. The molecule has 33 heavy (non-hydrogen) atoms. The van der Waals surface area contributed by atoms with Crippen molar-refractivity contribution in [3.8, 4) is 0 Å². The smallest absolute Gasteiger partial charge is 0.243 e. The number of carbonyl (C=O) groups excluding carboxylic acids is 1. The minimum atomic E-state index is -0.00664. The van der Waals surface area contributed by atoms with Crippen molar-refractivity contribution < 1.29 is 4.79 Å². The molecule has 4 saturated carbocycles. The lowest BCUT2D eigenvalue weighted by Crippen LogP contribution is -2.54. The third kappa shape index (κ3) is 4.84. The molecule has 0 aromatic rings. The molecule has 4 aliphatic rings. The molecule has 0 radical (unpaired) electrons. The lowest BCUT2D eigenvalue weighted by atomic mass is 9.44. The largest absolute Gasteiger partial charge is 0.352 e. The minimum absolute atomic E-state index is 0.00664. The van der Waals surface area contributed by atoms with Crippen LogP contribution in [0.2, 0.25) is 0 Å². The van der Waals surface area contributed by atoms with Crippen LogP contribution in [0.15, 0.2) is 12.7 Å². The topological polar surface area (TPSA) is 29.1 Å². The molecule has 2 nitrogen and oxygen atoms in total. The van der Waals surface area contributed by atoms with Crippen molar-refractivity contribution in [2.45, 2.75) is 112 Å². The van der Waals surface area contributed by atoms with Gasteiger partial charge >= 0.3 is 0 Å². The van der Waals surface area contributed by atoms with Crippen molar-refractivity contribution in [1.29, 1.82) is 0 Å². The predicted octanol–water partition coefficient (Wildman–Crippen LogP) is 8.03. The van der Waals surface area contributed by atoms with Crippen molar-refractivity contribution in [2.24, 2.45) is 58.2 Å². The number of nitrogens with one attached hydrogen (secondary N) is 1. The maximum absolute atomic E-state index is 11.7. The molecule has 0 bridgehead atoms. The summed E-state index contributed by atoms with van der Waals surface area (Å²) in [6, 6.07) is 0. The van der Waals surface area contributed by atoms with Crippen LogP contribution in [0.5, 0.6) is 0 Å². The Morgan fingerprint density at radius 1 is 0.970 bits per heavy atom. The van der Waals surface area contributed by atoms with E-state index in [9.17, 15) is 4.79 Å². The van der Waals surface area contributed by atoms with Crippen LogP contribution in [0.1, 0.15) is 112 Å². The van der Waals surface area contributed by atoms with Crippen LogP contribution in [-0.4, -0.2) is 12.5 Å². The fraction of sp³-hybridized carbons (Fsp3) is 0.903. The van der Waals surface area contributed by atoms with E-state index in [1.807, 2.05) is 0 Å². The third-order valence-electron chi connectivity index (χ3n) is 11.7. The molecule has 9 atom stereocenters. The Hall–Kier alpha value is -0.790. The molecule has 4 aliphatic carbocycles. The Bertz CT molecular complexity index is 699. The summed E-state index contributed by atoms with van der Waals surface area (Å²) in [4.78, 5) is 11.7. The summed E-state index contributed by atoms with van der Waals surface area (Å²) in [5.41, 5.74) is 1.15. The number of hydrogen-bond donors (Lipinski definition) is 1.